The summed E-state index contributed by atoms with van der Waals surface area (Å²) in [6.07, 6.45) is 5.91. The molecule has 0 bridgehead atoms. The molecule has 1 atom stereocenters. The van der Waals surface area contributed by atoms with Crippen molar-refractivity contribution in [2.75, 3.05) is 36.0 Å². The molecular formula is C33H41F2N7O2. The van der Waals surface area contributed by atoms with Crippen LogP contribution in [0, 0.1) is 12.8 Å². The number of likely N-dealkylation sites (tertiary alicyclic amines) is 1. The van der Waals surface area contributed by atoms with Gasteiger partial charge in [0.15, 0.2) is 5.82 Å². The van der Waals surface area contributed by atoms with Crippen molar-refractivity contribution in [1.82, 2.24) is 25.5 Å². The Kier molecular flexibility index (Phi) is 8.41. The van der Waals surface area contributed by atoms with Crippen LogP contribution < -0.4 is 20.4 Å². The molecular weight excluding hydrogens is 564 g/mol. The number of rotatable bonds is 6. The number of piperidine rings is 1. The first kappa shape index (κ1) is 30.2. The van der Waals surface area contributed by atoms with Gasteiger partial charge in [0.2, 0.25) is 5.95 Å². The third kappa shape index (κ3) is 5.69. The topological polar surface area (TPSA) is 93.7 Å². The molecule has 44 heavy (non-hydrogen) atoms. The molecule has 6 rings (SSSR count). The number of hydrogen-bond acceptors (Lipinski definition) is 6. The number of nitrogens with one attached hydrogen (secondary N) is 2. The summed E-state index contributed by atoms with van der Waals surface area (Å²) in [7, 11) is 0. The normalized spacial score (nSPS) is 21.5. The van der Waals surface area contributed by atoms with E-state index >= 15 is 8.78 Å². The van der Waals surface area contributed by atoms with E-state index in [-0.39, 0.29) is 30.7 Å². The first-order valence-electron chi connectivity index (χ1n) is 15.8. The highest BCUT2D eigenvalue weighted by Crippen LogP contribution is 2.41. The lowest BCUT2D eigenvalue weighted by molar-refractivity contribution is 0.0943. The molecule has 0 radical (unpaired) electrons. The summed E-state index contributed by atoms with van der Waals surface area (Å²) >= 11 is 0. The summed E-state index contributed by atoms with van der Waals surface area (Å²) < 4.78 is 30.9. The fraction of sp³-hybridized carbons (Fsp3) is 0.515. The van der Waals surface area contributed by atoms with E-state index in [0.29, 0.717) is 34.4 Å². The number of carbonyl (C=O) groups excluding carboxylic acids is 2. The maximum absolute atomic E-state index is 15.6. The quantitative estimate of drug-likeness (QED) is 0.435. The molecule has 3 amide bonds. The second-order valence-corrected chi connectivity index (χ2v) is 12.7. The standard InChI is InChI=1S/C33H41F2N7O2/c1-19(2)37-31(43)22-9-7-20(3)24(17-22)28-25-18-36-33(44)42(29-26(34)10-8-21(4)27(29)35)30(25)39-32(38-28)41-15-11-23(12-16-41)40-13-5-6-14-40/h7,9-10,17,19,21,23H,5-6,8,11-16,18H2,1-4H3,(H,36,44)(H,37,43). The Morgan fingerprint density at radius 2 is 1.82 bits per heavy atom. The minimum Gasteiger partial charge on any atom is -0.350 e. The molecule has 1 aromatic heterocycles. The van der Waals surface area contributed by atoms with Gasteiger partial charge in [-0.3, -0.25) is 4.79 Å². The zero-order chi connectivity index (χ0) is 31.1. The van der Waals surface area contributed by atoms with Crippen LogP contribution in [0.1, 0.15) is 74.4 Å². The van der Waals surface area contributed by atoms with Gasteiger partial charge in [0.1, 0.15) is 17.4 Å². The van der Waals surface area contributed by atoms with Gasteiger partial charge in [-0.15, -0.1) is 0 Å². The van der Waals surface area contributed by atoms with Gasteiger partial charge in [-0.05, 0) is 89.7 Å². The van der Waals surface area contributed by atoms with E-state index in [9.17, 15) is 9.59 Å². The molecule has 234 valence electrons. The van der Waals surface area contributed by atoms with Crippen molar-refractivity contribution in [1.29, 1.82) is 0 Å². The highest BCUT2D eigenvalue weighted by Gasteiger charge is 2.38. The molecule has 9 nitrogen and oxygen atoms in total. The number of aryl methyl sites for hydroxylation is 1. The van der Waals surface area contributed by atoms with E-state index in [1.54, 1.807) is 19.1 Å². The molecule has 1 aromatic carbocycles. The van der Waals surface area contributed by atoms with Gasteiger partial charge in [-0.2, -0.15) is 4.98 Å². The summed E-state index contributed by atoms with van der Waals surface area (Å²) in [5.41, 5.74) is 2.70. The van der Waals surface area contributed by atoms with Crippen LogP contribution >= 0.6 is 0 Å². The lowest BCUT2D eigenvalue weighted by Crippen LogP contribution is -2.47. The van der Waals surface area contributed by atoms with Gasteiger partial charge in [0, 0.05) is 47.8 Å². The van der Waals surface area contributed by atoms with Crippen molar-refractivity contribution in [2.24, 2.45) is 5.92 Å². The number of amides is 3. The molecule has 0 saturated carbocycles. The second kappa shape index (κ2) is 12.3. The number of benzene rings is 1. The van der Waals surface area contributed by atoms with Crippen molar-refractivity contribution in [2.45, 2.75) is 78.4 Å². The Labute approximate surface area is 257 Å². The zero-order valence-electron chi connectivity index (χ0n) is 25.9. The summed E-state index contributed by atoms with van der Waals surface area (Å²) in [5, 5.41) is 5.72. The maximum atomic E-state index is 15.6. The fourth-order valence-corrected chi connectivity index (χ4v) is 6.66. The Morgan fingerprint density at radius 3 is 2.52 bits per heavy atom. The molecule has 4 aliphatic rings. The number of fused-ring (bicyclic) bond motifs is 1. The third-order valence-electron chi connectivity index (χ3n) is 9.14. The van der Waals surface area contributed by atoms with Crippen LogP contribution in [0.25, 0.3) is 11.3 Å². The van der Waals surface area contributed by atoms with Crippen LogP contribution in [-0.2, 0) is 6.54 Å². The molecule has 1 unspecified atom stereocenters. The SMILES string of the molecule is Cc1ccc(C(=O)NC(C)C)cc1-c1nc(N2CCC(N3CCCC3)CC2)nc2c1CNC(=O)N2C1=C(F)C(C)CC=C1F. The first-order valence-corrected chi connectivity index (χ1v) is 15.8. The van der Waals surface area contributed by atoms with Crippen LogP contribution in [-0.4, -0.2) is 65.1 Å². The van der Waals surface area contributed by atoms with Gasteiger partial charge in [0.05, 0.1) is 12.2 Å². The van der Waals surface area contributed by atoms with Crippen molar-refractivity contribution in [3.8, 4) is 11.3 Å². The van der Waals surface area contributed by atoms with E-state index in [4.69, 9.17) is 9.97 Å². The molecule has 0 spiro atoms. The highest BCUT2D eigenvalue weighted by atomic mass is 19.1. The molecule has 4 heterocycles. The Balaban J connectivity index is 1.48. The molecule has 2 saturated heterocycles. The smallest absolute Gasteiger partial charge is 0.328 e. The number of aromatic nitrogens is 2. The molecule has 2 fully saturated rings. The van der Waals surface area contributed by atoms with Crippen molar-refractivity contribution in [3.05, 3.63) is 58.3 Å². The summed E-state index contributed by atoms with van der Waals surface area (Å²) in [4.78, 5) is 42.0. The molecule has 3 aliphatic heterocycles. The minimum atomic E-state index is -0.791. The molecule has 2 aromatic rings. The van der Waals surface area contributed by atoms with Gasteiger partial charge >= 0.3 is 6.03 Å². The molecule has 11 heteroatoms. The van der Waals surface area contributed by atoms with E-state index in [2.05, 4.69) is 20.4 Å². The van der Waals surface area contributed by atoms with Gasteiger partial charge < -0.3 is 20.4 Å². The van der Waals surface area contributed by atoms with Crippen molar-refractivity contribution >= 4 is 23.7 Å². The fourth-order valence-electron chi connectivity index (χ4n) is 6.66. The largest absolute Gasteiger partial charge is 0.350 e. The van der Waals surface area contributed by atoms with E-state index in [1.807, 2.05) is 26.8 Å². The van der Waals surface area contributed by atoms with Crippen molar-refractivity contribution in [3.63, 3.8) is 0 Å². The van der Waals surface area contributed by atoms with Crippen LogP contribution in [0.3, 0.4) is 0 Å². The van der Waals surface area contributed by atoms with E-state index in [0.717, 1.165) is 49.5 Å². The number of hydrogen-bond donors (Lipinski definition) is 2. The molecule has 1 aliphatic carbocycles. The first-order chi connectivity index (χ1) is 21.1. The average Bonchev–Trinajstić information content (AvgIpc) is 3.55. The summed E-state index contributed by atoms with van der Waals surface area (Å²) in [6, 6.07) is 5.25. The number of allylic oxidation sites excluding steroid dienone is 3. The lowest BCUT2D eigenvalue weighted by Gasteiger charge is -2.38. The predicted octanol–water partition coefficient (Wildman–Crippen LogP) is 5.76. The molecule has 2 N–H and O–H groups in total. The zero-order valence-corrected chi connectivity index (χ0v) is 25.9. The van der Waals surface area contributed by atoms with E-state index in [1.165, 1.54) is 18.9 Å². The van der Waals surface area contributed by atoms with Gasteiger partial charge in [-0.25, -0.2) is 23.5 Å². The Bertz CT molecular complexity index is 1520. The van der Waals surface area contributed by atoms with Crippen LogP contribution in [0.2, 0.25) is 0 Å². The number of carbonyl (C=O) groups is 2. The van der Waals surface area contributed by atoms with E-state index < -0.39 is 29.3 Å². The highest BCUT2D eigenvalue weighted by molar-refractivity contribution is 6.00. The van der Waals surface area contributed by atoms with Crippen molar-refractivity contribution < 1.29 is 18.4 Å². The summed E-state index contributed by atoms with van der Waals surface area (Å²) in [5.74, 6) is -1.70. The Hall–Kier alpha value is -3.86. The maximum Gasteiger partial charge on any atom is 0.328 e. The number of urea groups is 1. The number of halogens is 2. The monoisotopic (exact) mass is 605 g/mol. The van der Waals surface area contributed by atoms with Crippen LogP contribution in [0.15, 0.2) is 41.6 Å². The number of anilines is 2. The minimum absolute atomic E-state index is 0.0399. The summed E-state index contributed by atoms with van der Waals surface area (Å²) in [6.45, 7) is 11.2. The lowest BCUT2D eigenvalue weighted by atomic mass is 9.96. The predicted molar refractivity (Wildman–Crippen MR) is 167 cm³/mol. The van der Waals surface area contributed by atoms with Crippen LogP contribution in [0.4, 0.5) is 25.3 Å². The van der Waals surface area contributed by atoms with Gasteiger partial charge in [0.25, 0.3) is 5.91 Å². The third-order valence-corrected chi connectivity index (χ3v) is 9.14. The second-order valence-electron chi connectivity index (χ2n) is 12.7. The Morgan fingerprint density at radius 1 is 1.09 bits per heavy atom. The number of nitrogens with zero attached hydrogens (tertiary/aromatic N) is 5. The van der Waals surface area contributed by atoms with Gasteiger partial charge in [-0.1, -0.05) is 13.0 Å². The average molecular weight is 606 g/mol. The van der Waals surface area contributed by atoms with Crippen LogP contribution in [0.5, 0.6) is 0 Å².